The molecule has 2 atom stereocenters. The van der Waals surface area contributed by atoms with Crippen LogP contribution in [0.4, 0.5) is 11.4 Å². The van der Waals surface area contributed by atoms with Gasteiger partial charge in [0.15, 0.2) is 5.58 Å². The Morgan fingerprint density at radius 3 is 2.16 bits per heavy atom. The first-order valence-corrected chi connectivity index (χ1v) is 18.8. The molecule has 4 aromatic heterocycles. The second-order valence-corrected chi connectivity index (χ2v) is 15.1. The number of fused-ring (bicyclic) bond motifs is 10. The Morgan fingerprint density at radius 2 is 1.39 bits per heavy atom. The van der Waals surface area contributed by atoms with Gasteiger partial charge in [-0.15, -0.1) is 22.7 Å². The lowest BCUT2D eigenvalue weighted by Gasteiger charge is -2.30. The summed E-state index contributed by atoms with van der Waals surface area (Å²) < 4.78 is 15.7. The molecule has 51 heavy (non-hydrogen) atoms. The minimum absolute atomic E-state index is 0.124. The molecule has 0 saturated carbocycles. The van der Waals surface area contributed by atoms with Gasteiger partial charge in [0, 0.05) is 66.0 Å². The number of pyridine rings is 1. The second-order valence-electron chi connectivity index (χ2n) is 13.1. The predicted molar refractivity (Wildman–Crippen MR) is 213 cm³/mol. The average molecular weight is 693 g/mol. The molecule has 242 valence electrons. The Labute approximate surface area is 301 Å². The third-order valence-corrected chi connectivity index (χ3v) is 12.3. The summed E-state index contributed by atoms with van der Waals surface area (Å²) in [6, 6.07) is 45.3. The standard InChI is InChI=1S/C45H28N2O2S2/c1-3-8-34-32(6-1)33-7-2-4-9-35(33)45-44(34)36-20-19-31(24-40(36)49-45)47(30-17-13-28(14-18-30)42-26-43-41(51-42)21-23-50-43)29-15-11-27(12-16-29)39-25-37-38(48-39)10-5-22-46-37/h1-26,36,40H. The lowest BCUT2D eigenvalue weighted by atomic mass is 9.85. The second kappa shape index (κ2) is 11.3. The van der Waals surface area contributed by atoms with Gasteiger partial charge in [0.05, 0.1) is 0 Å². The third kappa shape index (κ3) is 4.61. The topological polar surface area (TPSA) is 38.5 Å². The van der Waals surface area contributed by atoms with Gasteiger partial charge in [0.1, 0.15) is 23.1 Å². The van der Waals surface area contributed by atoms with E-state index >= 15 is 0 Å². The summed E-state index contributed by atoms with van der Waals surface area (Å²) in [5.41, 5.74) is 8.36. The van der Waals surface area contributed by atoms with E-state index in [0.717, 1.165) is 45.2 Å². The van der Waals surface area contributed by atoms with Crippen molar-refractivity contribution < 1.29 is 9.15 Å². The fourth-order valence-corrected chi connectivity index (χ4v) is 9.92. The van der Waals surface area contributed by atoms with Crippen LogP contribution in [-0.4, -0.2) is 11.1 Å². The van der Waals surface area contributed by atoms with E-state index in [2.05, 4.69) is 143 Å². The van der Waals surface area contributed by atoms with Gasteiger partial charge in [-0.25, -0.2) is 0 Å². The van der Waals surface area contributed by atoms with E-state index in [0.29, 0.717) is 0 Å². The highest BCUT2D eigenvalue weighted by atomic mass is 32.1. The Kier molecular flexibility index (Phi) is 6.38. The number of thiophene rings is 2. The number of benzene rings is 5. The third-order valence-electron chi connectivity index (χ3n) is 10.2. The van der Waals surface area contributed by atoms with Crippen LogP contribution >= 0.6 is 22.7 Å². The van der Waals surface area contributed by atoms with Crippen LogP contribution in [0.2, 0.25) is 0 Å². The van der Waals surface area contributed by atoms with E-state index in [1.54, 1.807) is 17.5 Å². The van der Waals surface area contributed by atoms with Crippen LogP contribution in [0.15, 0.2) is 167 Å². The molecule has 5 heterocycles. The minimum atomic E-state index is -0.127. The summed E-state index contributed by atoms with van der Waals surface area (Å²) in [5, 5.41) is 7.09. The first-order valence-electron chi connectivity index (χ1n) is 17.1. The van der Waals surface area contributed by atoms with E-state index in [4.69, 9.17) is 9.15 Å². The molecule has 0 amide bonds. The Bertz CT molecular complexity index is 2800. The summed E-state index contributed by atoms with van der Waals surface area (Å²) in [6.07, 6.45) is 8.57. The summed E-state index contributed by atoms with van der Waals surface area (Å²) in [5.74, 6) is 1.93. The number of allylic oxidation sites excluding steroid dienone is 1. The van der Waals surface area contributed by atoms with Crippen molar-refractivity contribution >= 4 is 76.1 Å². The number of hydrogen-bond acceptors (Lipinski definition) is 6. The Balaban J connectivity index is 1.00. The molecule has 0 bridgehead atoms. The highest BCUT2D eigenvalue weighted by Gasteiger charge is 2.37. The number of rotatable bonds is 5. The normalized spacial score (nSPS) is 16.4. The summed E-state index contributed by atoms with van der Waals surface area (Å²) in [4.78, 5) is 8.08. The number of hydrogen-bond donors (Lipinski definition) is 0. The van der Waals surface area contributed by atoms with E-state index in [1.807, 2.05) is 29.5 Å². The lowest BCUT2D eigenvalue weighted by Crippen LogP contribution is -2.24. The Morgan fingerprint density at radius 1 is 0.667 bits per heavy atom. The molecule has 9 aromatic rings. The maximum Gasteiger partial charge on any atom is 0.153 e. The van der Waals surface area contributed by atoms with E-state index in [9.17, 15) is 0 Å². The predicted octanol–water partition coefficient (Wildman–Crippen LogP) is 12.9. The van der Waals surface area contributed by atoms with Gasteiger partial charge >= 0.3 is 0 Å². The van der Waals surface area contributed by atoms with Crippen molar-refractivity contribution in [3.63, 3.8) is 0 Å². The molecular weight excluding hydrogens is 665 g/mol. The van der Waals surface area contributed by atoms with Crippen molar-refractivity contribution in [3.8, 4) is 27.5 Å². The monoisotopic (exact) mass is 692 g/mol. The number of furan rings is 1. The van der Waals surface area contributed by atoms with Gasteiger partial charge in [-0.1, -0.05) is 66.7 Å². The molecule has 0 fully saturated rings. The molecule has 0 N–H and O–H groups in total. The summed E-state index contributed by atoms with van der Waals surface area (Å²) in [6.45, 7) is 0. The molecule has 1 aliphatic carbocycles. The van der Waals surface area contributed by atoms with Crippen LogP contribution in [0.1, 0.15) is 11.5 Å². The van der Waals surface area contributed by atoms with Crippen molar-refractivity contribution in [2.75, 3.05) is 4.90 Å². The Hall–Kier alpha value is -5.95. The molecule has 11 rings (SSSR count). The molecule has 4 nitrogen and oxygen atoms in total. The molecular formula is C45H28N2O2S2. The van der Waals surface area contributed by atoms with Crippen molar-refractivity contribution in [1.29, 1.82) is 0 Å². The van der Waals surface area contributed by atoms with Crippen molar-refractivity contribution in [3.05, 3.63) is 168 Å². The van der Waals surface area contributed by atoms with E-state index < -0.39 is 0 Å². The molecule has 2 unspecified atom stereocenters. The lowest BCUT2D eigenvalue weighted by molar-refractivity contribution is 0.270. The fourth-order valence-electron chi connectivity index (χ4n) is 7.80. The number of aromatic nitrogens is 1. The van der Waals surface area contributed by atoms with Crippen molar-refractivity contribution in [2.45, 2.75) is 12.0 Å². The number of ether oxygens (including phenoxy) is 1. The maximum atomic E-state index is 6.92. The number of anilines is 2. The zero-order chi connectivity index (χ0) is 33.5. The van der Waals surface area contributed by atoms with Gasteiger partial charge in [0.2, 0.25) is 0 Å². The summed E-state index contributed by atoms with van der Waals surface area (Å²) >= 11 is 3.64. The average Bonchev–Trinajstić information content (AvgIpc) is 3.98. The van der Waals surface area contributed by atoms with Gasteiger partial charge in [-0.05, 0) is 99.9 Å². The first kappa shape index (κ1) is 28.8. The van der Waals surface area contributed by atoms with Crippen LogP contribution in [0, 0.1) is 0 Å². The van der Waals surface area contributed by atoms with Crippen molar-refractivity contribution in [2.24, 2.45) is 0 Å². The van der Waals surface area contributed by atoms with E-state index in [-0.39, 0.29) is 12.0 Å². The van der Waals surface area contributed by atoms with Crippen LogP contribution in [0.5, 0.6) is 5.75 Å². The van der Waals surface area contributed by atoms with Gasteiger partial charge in [-0.3, -0.25) is 4.98 Å². The number of nitrogens with zero attached hydrogens (tertiary/aromatic N) is 2. The van der Waals surface area contributed by atoms with Gasteiger partial charge in [0.25, 0.3) is 0 Å². The largest absolute Gasteiger partial charge is 0.484 e. The van der Waals surface area contributed by atoms with Crippen LogP contribution in [0.25, 0.3) is 63.8 Å². The molecule has 1 aliphatic heterocycles. The minimum Gasteiger partial charge on any atom is -0.484 e. The maximum absolute atomic E-state index is 6.92. The smallest absolute Gasteiger partial charge is 0.153 e. The fraction of sp³-hybridized carbons (Fsp3) is 0.0444. The van der Waals surface area contributed by atoms with Crippen LogP contribution in [0.3, 0.4) is 0 Å². The quantitative estimate of drug-likeness (QED) is 0.168. The first-order chi connectivity index (χ1) is 25.2. The zero-order valence-corrected chi connectivity index (χ0v) is 28.8. The molecule has 0 saturated heterocycles. The molecule has 0 spiro atoms. The molecule has 0 radical (unpaired) electrons. The summed E-state index contributed by atoms with van der Waals surface area (Å²) in [7, 11) is 0. The zero-order valence-electron chi connectivity index (χ0n) is 27.2. The highest BCUT2D eigenvalue weighted by molar-refractivity contribution is 7.28. The molecule has 6 heteroatoms. The van der Waals surface area contributed by atoms with Gasteiger partial charge in [-0.2, -0.15) is 0 Å². The highest BCUT2D eigenvalue weighted by Crippen LogP contribution is 2.51. The van der Waals surface area contributed by atoms with E-state index in [1.165, 1.54) is 46.9 Å². The van der Waals surface area contributed by atoms with Crippen molar-refractivity contribution in [1.82, 2.24) is 4.98 Å². The van der Waals surface area contributed by atoms with Crippen LogP contribution < -0.4 is 9.64 Å². The van der Waals surface area contributed by atoms with Gasteiger partial charge < -0.3 is 14.1 Å². The molecule has 2 aliphatic rings. The SMILES string of the molecule is C1=CC2c3c(c4ccccc4c4ccccc34)OC2C=C1N(c1ccc(-c2cc3ncccc3o2)cc1)c1ccc(-c2cc3sccc3s2)cc1. The van der Waals surface area contributed by atoms with Crippen LogP contribution in [-0.2, 0) is 0 Å². The molecule has 5 aromatic carbocycles.